The van der Waals surface area contributed by atoms with E-state index in [2.05, 4.69) is 13.8 Å². The molecule has 0 aliphatic heterocycles. The van der Waals surface area contributed by atoms with Gasteiger partial charge in [0.2, 0.25) is 0 Å². The van der Waals surface area contributed by atoms with E-state index in [1.807, 2.05) is 0 Å². The average Bonchev–Trinajstić information content (AvgIpc) is 2.39. The minimum atomic E-state index is 0.794. The van der Waals surface area contributed by atoms with E-state index >= 15 is 0 Å². The molecule has 0 radical (unpaired) electrons. The maximum atomic E-state index is 2.46. The van der Waals surface area contributed by atoms with Crippen molar-refractivity contribution in [1.82, 2.24) is 0 Å². The van der Waals surface area contributed by atoms with E-state index < -0.39 is 0 Å². The fourth-order valence-electron chi connectivity index (χ4n) is 5.07. The fourth-order valence-corrected chi connectivity index (χ4v) is 5.07. The molecule has 0 aromatic rings. The normalized spacial score (nSPS) is 33.3. The van der Waals surface area contributed by atoms with Crippen molar-refractivity contribution < 1.29 is 0 Å². The molecule has 2 bridgehead atoms. The topological polar surface area (TPSA) is 0 Å². The molecule has 0 aromatic carbocycles. The maximum absolute atomic E-state index is 2.46. The summed E-state index contributed by atoms with van der Waals surface area (Å²) in [7, 11) is 0. The zero-order valence-corrected chi connectivity index (χ0v) is 12.8. The predicted molar refractivity (Wildman–Crippen MR) is 80.8 cm³/mol. The van der Waals surface area contributed by atoms with E-state index in [0.717, 1.165) is 17.3 Å². The fraction of sp³-hybridized carbons (Fsp3) is 1.00. The van der Waals surface area contributed by atoms with Crippen molar-refractivity contribution in [3.8, 4) is 0 Å². The van der Waals surface area contributed by atoms with Gasteiger partial charge in [0, 0.05) is 0 Å². The molecule has 0 saturated heterocycles. The molecule has 2 rings (SSSR count). The van der Waals surface area contributed by atoms with Crippen LogP contribution in [0.3, 0.4) is 0 Å². The smallest absolute Gasteiger partial charge is 0.0267 e. The van der Waals surface area contributed by atoms with Crippen LogP contribution in [-0.4, -0.2) is 0 Å². The highest BCUT2D eigenvalue weighted by Crippen LogP contribution is 2.55. The van der Waals surface area contributed by atoms with E-state index in [-0.39, 0.29) is 0 Å². The lowest BCUT2D eigenvalue weighted by Gasteiger charge is -2.50. The lowest BCUT2D eigenvalue weighted by Crippen LogP contribution is -2.39. The number of fused-ring (bicyclic) bond motifs is 2. The lowest BCUT2D eigenvalue weighted by molar-refractivity contribution is 0.0105. The summed E-state index contributed by atoms with van der Waals surface area (Å²) >= 11 is 0. The van der Waals surface area contributed by atoms with Crippen LogP contribution in [0.1, 0.15) is 97.3 Å². The SMILES string of the molecule is CCCCCCC(CC)C12CCCC(CCC1)C2. The third kappa shape index (κ3) is 3.31. The van der Waals surface area contributed by atoms with Crippen LogP contribution in [0.15, 0.2) is 0 Å². The Morgan fingerprint density at radius 1 is 1.00 bits per heavy atom. The Hall–Kier alpha value is 0. The lowest BCUT2D eigenvalue weighted by atomic mass is 9.55. The number of rotatable bonds is 7. The molecule has 2 aliphatic rings. The Morgan fingerprint density at radius 2 is 1.72 bits per heavy atom. The quantitative estimate of drug-likeness (QED) is 0.462. The highest BCUT2D eigenvalue weighted by molar-refractivity contribution is 4.94. The minimum Gasteiger partial charge on any atom is -0.0654 e. The molecular formula is C18H34. The number of hydrogen-bond acceptors (Lipinski definition) is 0. The van der Waals surface area contributed by atoms with Gasteiger partial charge in [0.25, 0.3) is 0 Å². The van der Waals surface area contributed by atoms with E-state index in [0.29, 0.717) is 0 Å². The summed E-state index contributed by atoms with van der Waals surface area (Å²) in [5.74, 6) is 2.16. The molecule has 2 saturated carbocycles. The van der Waals surface area contributed by atoms with Crippen molar-refractivity contribution in [2.45, 2.75) is 97.3 Å². The molecule has 2 aliphatic carbocycles. The Labute approximate surface area is 115 Å². The average molecular weight is 250 g/mol. The van der Waals surface area contributed by atoms with Gasteiger partial charge in [-0.25, -0.2) is 0 Å². The van der Waals surface area contributed by atoms with Crippen LogP contribution in [0.2, 0.25) is 0 Å². The molecule has 0 amide bonds. The van der Waals surface area contributed by atoms with Crippen LogP contribution >= 0.6 is 0 Å². The Morgan fingerprint density at radius 3 is 2.33 bits per heavy atom. The van der Waals surface area contributed by atoms with Gasteiger partial charge in [-0.05, 0) is 42.9 Å². The summed E-state index contributed by atoms with van der Waals surface area (Å²) < 4.78 is 0. The third-order valence-corrected chi connectivity index (χ3v) is 6.03. The molecule has 0 heteroatoms. The molecule has 0 nitrogen and oxygen atoms in total. The van der Waals surface area contributed by atoms with Crippen LogP contribution in [0.25, 0.3) is 0 Å². The van der Waals surface area contributed by atoms with Gasteiger partial charge in [-0.2, -0.15) is 0 Å². The summed E-state index contributed by atoms with van der Waals surface area (Å²) in [5.41, 5.74) is 0.794. The number of hydrogen-bond donors (Lipinski definition) is 0. The Balaban J connectivity index is 1.88. The Bertz CT molecular complexity index is 220. The second kappa shape index (κ2) is 6.96. The van der Waals surface area contributed by atoms with Crippen molar-refractivity contribution in [1.29, 1.82) is 0 Å². The van der Waals surface area contributed by atoms with Gasteiger partial charge in [-0.3, -0.25) is 0 Å². The van der Waals surface area contributed by atoms with E-state index in [1.165, 1.54) is 51.4 Å². The highest BCUT2D eigenvalue weighted by atomic mass is 14.5. The highest BCUT2D eigenvalue weighted by Gasteiger charge is 2.43. The van der Waals surface area contributed by atoms with Crippen molar-refractivity contribution in [2.24, 2.45) is 17.3 Å². The van der Waals surface area contributed by atoms with E-state index in [1.54, 1.807) is 32.1 Å². The molecule has 0 N–H and O–H groups in total. The molecule has 1 unspecified atom stereocenters. The molecule has 18 heavy (non-hydrogen) atoms. The summed E-state index contributed by atoms with van der Waals surface area (Å²) in [6.45, 7) is 4.78. The van der Waals surface area contributed by atoms with Gasteiger partial charge in [-0.1, -0.05) is 71.6 Å². The molecule has 0 heterocycles. The monoisotopic (exact) mass is 250 g/mol. The van der Waals surface area contributed by atoms with Gasteiger partial charge >= 0.3 is 0 Å². The summed E-state index contributed by atoms with van der Waals surface area (Å²) in [5, 5.41) is 0. The van der Waals surface area contributed by atoms with Crippen LogP contribution in [-0.2, 0) is 0 Å². The van der Waals surface area contributed by atoms with E-state index in [4.69, 9.17) is 0 Å². The van der Waals surface area contributed by atoms with Crippen LogP contribution in [0.5, 0.6) is 0 Å². The summed E-state index contributed by atoms with van der Waals surface area (Å²) in [4.78, 5) is 0. The summed E-state index contributed by atoms with van der Waals surface area (Å²) in [6.07, 6.45) is 19.7. The van der Waals surface area contributed by atoms with E-state index in [9.17, 15) is 0 Å². The molecule has 1 atom stereocenters. The molecule has 106 valence electrons. The van der Waals surface area contributed by atoms with Crippen molar-refractivity contribution in [2.75, 3.05) is 0 Å². The van der Waals surface area contributed by atoms with Gasteiger partial charge in [0.05, 0.1) is 0 Å². The van der Waals surface area contributed by atoms with Crippen LogP contribution < -0.4 is 0 Å². The molecule has 2 fully saturated rings. The maximum Gasteiger partial charge on any atom is -0.0267 e. The largest absolute Gasteiger partial charge is 0.0654 e. The summed E-state index contributed by atoms with van der Waals surface area (Å²) in [6, 6.07) is 0. The first-order valence-electron chi connectivity index (χ1n) is 8.80. The first-order valence-corrected chi connectivity index (χ1v) is 8.80. The van der Waals surface area contributed by atoms with Crippen molar-refractivity contribution in [3.63, 3.8) is 0 Å². The van der Waals surface area contributed by atoms with Crippen LogP contribution in [0, 0.1) is 17.3 Å². The number of unbranched alkanes of at least 4 members (excludes halogenated alkanes) is 3. The predicted octanol–water partition coefficient (Wildman–Crippen LogP) is 6.34. The standard InChI is InChI=1S/C18H34/c1-3-5-6-7-12-17(4-2)18-13-8-10-16(15-18)11-9-14-18/h16-17H,3-15H2,1-2H3. The van der Waals surface area contributed by atoms with Gasteiger partial charge < -0.3 is 0 Å². The van der Waals surface area contributed by atoms with Crippen molar-refractivity contribution >= 4 is 0 Å². The van der Waals surface area contributed by atoms with Crippen LogP contribution in [0.4, 0.5) is 0 Å². The van der Waals surface area contributed by atoms with Gasteiger partial charge in [-0.15, -0.1) is 0 Å². The zero-order chi connectivity index (χ0) is 12.8. The van der Waals surface area contributed by atoms with Gasteiger partial charge in [0.1, 0.15) is 0 Å². The first kappa shape index (κ1) is 14.4. The molecule has 0 aromatic heterocycles. The van der Waals surface area contributed by atoms with Crippen molar-refractivity contribution in [3.05, 3.63) is 0 Å². The van der Waals surface area contributed by atoms with Gasteiger partial charge in [0.15, 0.2) is 0 Å². The second-order valence-electron chi connectivity index (χ2n) is 7.17. The Kier molecular flexibility index (Phi) is 5.57. The molecular weight excluding hydrogens is 216 g/mol. The zero-order valence-electron chi connectivity index (χ0n) is 12.8. The second-order valence-corrected chi connectivity index (χ2v) is 7.17. The third-order valence-electron chi connectivity index (χ3n) is 6.03. The molecule has 0 spiro atoms. The minimum absolute atomic E-state index is 0.794. The first-order chi connectivity index (χ1) is 8.80.